The van der Waals surface area contributed by atoms with Gasteiger partial charge >= 0.3 is 0 Å². The van der Waals surface area contributed by atoms with E-state index in [2.05, 4.69) is 5.32 Å². The van der Waals surface area contributed by atoms with E-state index in [9.17, 15) is 4.79 Å². The van der Waals surface area contributed by atoms with Gasteiger partial charge in [0.05, 0.1) is 10.0 Å². The number of carbonyl (C=O) groups is 1. The summed E-state index contributed by atoms with van der Waals surface area (Å²) in [5.74, 6) is 0.753. The SMILES string of the molecule is CNC1CCN(C(=O)C2CC2c2ccc(Cl)c(Cl)c2)CC1. The summed E-state index contributed by atoms with van der Waals surface area (Å²) < 4.78 is 0. The molecule has 0 bridgehead atoms. The quantitative estimate of drug-likeness (QED) is 0.924. The first-order valence-corrected chi connectivity index (χ1v) is 8.26. The van der Waals surface area contributed by atoms with Gasteiger partial charge in [-0.2, -0.15) is 0 Å². The molecule has 114 valence electrons. The maximum Gasteiger partial charge on any atom is 0.226 e. The van der Waals surface area contributed by atoms with Gasteiger partial charge < -0.3 is 10.2 Å². The number of benzene rings is 1. The average molecular weight is 327 g/mol. The van der Waals surface area contributed by atoms with Crippen molar-refractivity contribution in [1.82, 2.24) is 10.2 Å². The molecule has 1 aromatic carbocycles. The van der Waals surface area contributed by atoms with Gasteiger partial charge in [-0.15, -0.1) is 0 Å². The molecule has 1 saturated carbocycles. The van der Waals surface area contributed by atoms with Crippen molar-refractivity contribution in [2.24, 2.45) is 5.92 Å². The second kappa shape index (κ2) is 6.15. The van der Waals surface area contributed by atoms with Gasteiger partial charge in [0.2, 0.25) is 5.91 Å². The van der Waals surface area contributed by atoms with E-state index in [0.29, 0.717) is 27.9 Å². The Hall–Kier alpha value is -0.770. The fraction of sp³-hybridized carbons (Fsp3) is 0.562. The summed E-state index contributed by atoms with van der Waals surface area (Å²) in [7, 11) is 1.99. The highest BCUT2D eigenvalue weighted by molar-refractivity contribution is 6.42. The number of rotatable bonds is 3. The van der Waals surface area contributed by atoms with Crippen LogP contribution >= 0.6 is 23.2 Å². The fourth-order valence-corrected chi connectivity index (χ4v) is 3.51. The third-order valence-corrected chi connectivity index (χ3v) is 5.43. The molecule has 21 heavy (non-hydrogen) atoms. The number of nitrogens with zero attached hydrogens (tertiary/aromatic N) is 1. The van der Waals surface area contributed by atoms with Crippen LogP contribution in [-0.4, -0.2) is 37.0 Å². The monoisotopic (exact) mass is 326 g/mol. The first kappa shape index (κ1) is 15.1. The van der Waals surface area contributed by atoms with E-state index < -0.39 is 0 Å². The molecule has 2 atom stereocenters. The zero-order valence-electron chi connectivity index (χ0n) is 12.1. The largest absolute Gasteiger partial charge is 0.342 e. The number of piperidine rings is 1. The van der Waals surface area contributed by atoms with E-state index >= 15 is 0 Å². The molecule has 0 aromatic heterocycles. The summed E-state index contributed by atoms with van der Waals surface area (Å²) in [5, 5.41) is 4.43. The van der Waals surface area contributed by atoms with Crippen LogP contribution in [0.5, 0.6) is 0 Å². The summed E-state index contributed by atoms with van der Waals surface area (Å²) >= 11 is 12.0. The Balaban J connectivity index is 1.60. The molecule has 1 aliphatic carbocycles. The van der Waals surface area contributed by atoms with Gasteiger partial charge in [-0.25, -0.2) is 0 Å². The molecule has 1 amide bonds. The van der Waals surface area contributed by atoms with E-state index in [1.54, 1.807) is 0 Å². The van der Waals surface area contributed by atoms with Crippen LogP contribution in [0.1, 0.15) is 30.7 Å². The Morgan fingerprint density at radius 2 is 1.95 bits per heavy atom. The predicted molar refractivity (Wildman–Crippen MR) is 86.0 cm³/mol. The minimum absolute atomic E-state index is 0.133. The van der Waals surface area contributed by atoms with Crippen LogP contribution in [0.25, 0.3) is 0 Å². The minimum Gasteiger partial charge on any atom is -0.342 e. The van der Waals surface area contributed by atoms with E-state index in [4.69, 9.17) is 23.2 Å². The zero-order chi connectivity index (χ0) is 15.0. The number of amides is 1. The van der Waals surface area contributed by atoms with Gasteiger partial charge in [0.1, 0.15) is 0 Å². The molecule has 2 fully saturated rings. The third-order valence-electron chi connectivity index (χ3n) is 4.69. The lowest BCUT2D eigenvalue weighted by Crippen LogP contribution is -2.44. The molecule has 2 unspecified atom stereocenters. The smallest absolute Gasteiger partial charge is 0.226 e. The highest BCUT2D eigenvalue weighted by Crippen LogP contribution is 2.49. The normalized spacial score (nSPS) is 26.0. The molecule has 1 N–H and O–H groups in total. The number of hydrogen-bond donors (Lipinski definition) is 1. The van der Waals surface area contributed by atoms with Crippen LogP contribution < -0.4 is 5.32 Å². The van der Waals surface area contributed by atoms with Gasteiger partial charge in [-0.1, -0.05) is 29.3 Å². The van der Waals surface area contributed by atoms with Crippen molar-refractivity contribution in [3.8, 4) is 0 Å². The van der Waals surface area contributed by atoms with Gasteiger partial charge in [-0.3, -0.25) is 4.79 Å². The summed E-state index contributed by atoms with van der Waals surface area (Å²) in [6.07, 6.45) is 3.03. The lowest BCUT2D eigenvalue weighted by molar-refractivity contribution is -0.133. The van der Waals surface area contributed by atoms with Crippen molar-refractivity contribution in [3.63, 3.8) is 0 Å². The van der Waals surface area contributed by atoms with E-state index in [1.165, 1.54) is 0 Å². The molecule has 1 saturated heterocycles. The van der Waals surface area contributed by atoms with Crippen LogP contribution in [0.2, 0.25) is 10.0 Å². The molecule has 1 heterocycles. The van der Waals surface area contributed by atoms with E-state index in [1.807, 2.05) is 30.1 Å². The summed E-state index contributed by atoms with van der Waals surface area (Å²) in [5.41, 5.74) is 1.13. The Morgan fingerprint density at radius 3 is 2.57 bits per heavy atom. The predicted octanol–water partition coefficient (Wildman–Crippen LogP) is 3.31. The molecule has 0 spiro atoms. The highest BCUT2D eigenvalue weighted by Gasteiger charge is 2.46. The lowest BCUT2D eigenvalue weighted by atomic mass is 10.0. The molecule has 0 radical (unpaired) electrons. The Labute approximate surface area is 135 Å². The van der Waals surface area contributed by atoms with Crippen molar-refractivity contribution in [3.05, 3.63) is 33.8 Å². The number of halogens is 2. The van der Waals surface area contributed by atoms with Gasteiger partial charge in [0.25, 0.3) is 0 Å². The van der Waals surface area contributed by atoms with Crippen LogP contribution in [0, 0.1) is 5.92 Å². The molecule has 5 heteroatoms. The van der Waals surface area contributed by atoms with Gasteiger partial charge in [0.15, 0.2) is 0 Å². The first-order valence-electron chi connectivity index (χ1n) is 7.51. The standard InChI is InChI=1S/C16H20Cl2N2O/c1-19-11-4-6-20(7-5-11)16(21)13-9-12(13)10-2-3-14(17)15(18)8-10/h2-3,8,11-13,19H,4-7,9H2,1H3. The summed E-state index contributed by atoms with van der Waals surface area (Å²) in [4.78, 5) is 14.6. The number of nitrogens with one attached hydrogen (secondary N) is 1. The van der Waals surface area contributed by atoms with Crippen LogP contribution in [0.15, 0.2) is 18.2 Å². The molecular formula is C16H20Cl2N2O. The van der Waals surface area contributed by atoms with Crippen molar-refractivity contribution in [2.45, 2.75) is 31.2 Å². The summed E-state index contributed by atoms with van der Waals surface area (Å²) in [6, 6.07) is 6.26. The van der Waals surface area contributed by atoms with Gasteiger partial charge in [0, 0.05) is 25.0 Å². The van der Waals surface area contributed by atoms with Crippen molar-refractivity contribution >= 4 is 29.1 Å². The summed E-state index contributed by atoms with van der Waals surface area (Å²) in [6.45, 7) is 1.74. The molecule has 3 rings (SSSR count). The Bertz CT molecular complexity index is 541. The van der Waals surface area contributed by atoms with E-state index in [-0.39, 0.29) is 5.92 Å². The minimum atomic E-state index is 0.133. The molecule has 3 nitrogen and oxygen atoms in total. The number of hydrogen-bond acceptors (Lipinski definition) is 2. The van der Waals surface area contributed by atoms with Crippen molar-refractivity contribution < 1.29 is 4.79 Å². The molecule has 1 aromatic rings. The molecular weight excluding hydrogens is 307 g/mol. The topological polar surface area (TPSA) is 32.3 Å². The van der Waals surface area contributed by atoms with Crippen LogP contribution in [0.4, 0.5) is 0 Å². The number of likely N-dealkylation sites (tertiary alicyclic amines) is 1. The Kier molecular flexibility index (Phi) is 4.43. The van der Waals surface area contributed by atoms with Gasteiger partial charge in [-0.05, 0) is 49.9 Å². The Morgan fingerprint density at radius 1 is 1.24 bits per heavy atom. The van der Waals surface area contributed by atoms with E-state index in [0.717, 1.165) is 37.9 Å². The van der Waals surface area contributed by atoms with Crippen LogP contribution in [-0.2, 0) is 4.79 Å². The second-order valence-corrected chi connectivity index (χ2v) is 6.82. The van der Waals surface area contributed by atoms with Crippen LogP contribution in [0.3, 0.4) is 0 Å². The third kappa shape index (κ3) is 3.20. The van der Waals surface area contributed by atoms with Crippen molar-refractivity contribution in [1.29, 1.82) is 0 Å². The fourth-order valence-electron chi connectivity index (χ4n) is 3.20. The number of carbonyl (C=O) groups excluding carboxylic acids is 1. The van der Waals surface area contributed by atoms with Crippen molar-refractivity contribution in [2.75, 3.05) is 20.1 Å². The highest BCUT2D eigenvalue weighted by atomic mass is 35.5. The second-order valence-electron chi connectivity index (χ2n) is 6.01. The lowest BCUT2D eigenvalue weighted by Gasteiger charge is -2.32. The zero-order valence-corrected chi connectivity index (χ0v) is 13.6. The molecule has 2 aliphatic rings. The average Bonchev–Trinajstić information content (AvgIpc) is 3.30. The first-order chi connectivity index (χ1) is 10.1. The maximum absolute atomic E-state index is 12.5. The maximum atomic E-state index is 12.5. The molecule has 1 aliphatic heterocycles.